The molecular weight excluding hydrogens is 927 g/mol. The van der Waals surface area contributed by atoms with Gasteiger partial charge in [-0.2, -0.15) is 0 Å². The zero-order chi connectivity index (χ0) is 49.3. The third-order valence-corrected chi connectivity index (χ3v) is 16.5. The zero-order valence-electron chi connectivity index (χ0n) is 40.6. The number of carbonyl (C=O) groups excluding carboxylic acids is 3. The number of nitrogens with zero attached hydrogens (tertiary/aromatic N) is 6. The van der Waals surface area contributed by atoms with Gasteiger partial charge in [0, 0.05) is 62.7 Å². The van der Waals surface area contributed by atoms with Gasteiger partial charge in [0.25, 0.3) is 5.91 Å². The lowest BCUT2D eigenvalue weighted by atomic mass is 9.83. The number of rotatable bonds is 14. The number of piperazine rings is 1. The molecule has 3 unspecified atom stereocenters. The number of carboxylic acids is 1. The number of nitrogens with one attached hydrogen (secondary N) is 3. The summed E-state index contributed by atoms with van der Waals surface area (Å²) in [6.45, 7) is 8.11. The monoisotopic (exact) mass is 987 g/mol. The number of carboxylic acid groups (broad SMARTS) is 1. The van der Waals surface area contributed by atoms with E-state index in [0.29, 0.717) is 60.3 Å². The van der Waals surface area contributed by atoms with E-state index in [2.05, 4.69) is 54.4 Å². The molecule has 3 aromatic heterocycles. The van der Waals surface area contributed by atoms with Crippen LogP contribution in [0.2, 0.25) is 0 Å². The number of hydrogen-bond donors (Lipinski definition) is 4. The van der Waals surface area contributed by atoms with E-state index in [9.17, 15) is 24.3 Å². The molecule has 6 aromatic rings. The number of piperidine rings is 1. The van der Waals surface area contributed by atoms with Crippen LogP contribution in [0.3, 0.4) is 0 Å². The molecule has 5 aliphatic rings. The second-order valence-electron chi connectivity index (χ2n) is 20.1. The van der Waals surface area contributed by atoms with Gasteiger partial charge in [-0.3, -0.25) is 29.9 Å². The van der Waals surface area contributed by atoms with Crippen LogP contribution >= 0.6 is 11.3 Å². The van der Waals surface area contributed by atoms with E-state index >= 15 is 0 Å². The molecule has 2 aliphatic carbocycles. The number of benzene rings is 3. The van der Waals surface area contributed by atoms with Crippen molar-refractivity contribution in [2.75, 3.05) is 54.4 Å². The molecule has 3 amide bonds. The molecular formula is C56H61N9O6S. The number of fused-ring (bicyclic) bond motifs is 3. The minimum Gasteiger partial charge on any atom is -0.476 e. The molecule has 0 radical (unpaired) electrons. The van der Waals surface area contributed by atoms with E-state index in [0.717, 1.165) is 108 Å². The highest BCUT2D eigenvalue weighted by Crippen LogP contribution is 2.38. The van der Waals surface area contributed by atoms with E-state index in [1.807, 2.05) is 78.9 Å². The molecule has 3 fully saturated rings. The van der Waals surface area contributed by atoms with Gasteiger partial charge in [-0.05, 0) is 122 Å². The van der Waals surface area contributed by atoms with Gasteiger partial charge in [0.05, 0.1) is 39.4 Å². The number of imidazole rings is 1. The van der Waals surface area contributed by atoms with Gasteiger partial charge in [-0.25, -0.2) is 19.7 Å². The predicted molar refractivity (Wildman–Crippen MR) is 281 cm³/mol. The van der Waals surface area contributed by atoms with Crippen LogP contribution in [0.15, 0.2) is 91.0 Å². The minimum absolute atomic E-state index is 0.0161. The molecule has 11 rings (SSSR count). The number of imide groups is 1. The maximum absolute atomic E-state index is 13.7. The van der Waals surface area contributed by atoms with Crippen LogP contribution in [0.5, 0.6) is 0 Å². The number of pyridine rings is 1. The molecule has 15 nitrogen and oxygen atoms in total. The van der Waals surface area contributed by atoms with Gasteiger partial charge in [-0.15, -0.1) is 0 Å². The van der Waals surface area contributed by atoms with Crippen LogP contribution in [0.1, 0.15) is 114 Å². The number of hydrogen-bond acceptors (Lipinski definition) is 12. The van der Waals surface area contributed by atoms with E-state index in [1.54, 1.807) is 0 Å². The second kappa shape index (κ2) is 20.8. The van der Waals surface area contributed by atoms with Crippen molar-refractivity contribution in [1.82, 2.24) is 30.2 Å². The van der Waals surface area contributed by atoms with E-state index in [1.165, 1.54) is 30.6 Å². The molecule has 372 valence electrons. The van der Waals surface area contributed by atoms with E-state index in [-0.39, 0.29) is 47.5 Å². The minimum atomic E-state index is -1.08. The first-order valence-corrected chi connectivity index (χ1v) is 26.5. The number of aromatic amines is 1. The van der Waals surface area contributed by atoms with Gasteiger partial charge >= 0.3 is 5.97 Å². The summed E-state index contributed by atoms with van der Waals surface area (Å²) in [5.74, 6) is 0.0504. The standard InChI is InChI=1S/C56H61N9O6S/c1-34-39(41-20-23-49(60-51(41)54(69)70)65-27-25-36-9-6-11-42(43(36)33-65)53(68)62-56-59-45-12-2-3-14-48(45)72-56)10-7-13-47(34)71-38-18-15-35(16-19-38)8-4-5-26-63-28-30-64(31-29-63)55-57-44-22-17-37(32-46(44)58-55)40-21-24-50(66)61-52(40)67/h2-3,6-7,9-14,17,20,22-23,32,34-35,38,40,47H,4-5,8,15-16,18-19,21,24-31,33H2,1H3,(H,57,58)(H,69,70)(H,59,62,68)(H,61,66,67). The van der Waals surface area contributed by atoms with Crippen LogP contribution in [0.25, 0.3) is 26.8 Å². The lowest BCUT2D eigenvalue weighted by molar-refractivity contribution is -0.134. The molecule has 72 heavy (non-hydrogen) atoms. The van der Waals surface area contributed by atoms with Gasteiger partial charge < -0.3 is 24.6 Å². The maximum atomic E-state index is 13.7. The van der Waals surface area contributed by atoms with Crippen molar-refractivity contribution in [1.29, 1.82) is 0 Å². The average molecular weight is 988 g/mol. The molecule has 4 N–H and O–H groups in total. The number of aromatic nitrogens is 4. The van der Waals surface area contributed by atoms with Crippen molar-refractivity contribution in [2.45, 2.75) is 95.8 Å². The molecule has 6 heterocycles. The number of amides is 3. The maximum Gasteiger partial charge on any atom is 0.355 e. The molecule has 0 spiro atoms. The first kappa shape index (κ1) is 47.6. The third-order valence-electron chi connectivity index (χ3n) is 15.6. The van der Waals surface area contributed by atoms with Gasteiger partial charge in [-0.1, -0.05) is 79.7 Å². The van der Waals surface area contributed by atoms with Crippen LogP contribution < -0.4 is 20.4 Å². The van der Waals surface area contributed by atoms with Crippen molar-refractivity contribution >= 4 is 78.7 Å². The number of anilines is 3. The fraction of sp³-hybridized carbons (Fsp3) is 0.411. The Bertz CT molecular complexity index is 3060. The summed E-state index contributed by atoms with van der Waals surface area (Å²) in [6.07, 6.45) is 15.7. The number of H-pyrrole nitrogens is 1. The summed E-state index contributed by atoms with van der Waals surface area (Å²) < 4.78 is 7.80. The number of thiazole rings is 1. The average Bonchev–Trinajstić information content (AvgIpc) is 4.02. The number of aromatic carboxylic acids is 1. The normalized spacial score (nSPS) is 22.7. The fourth-order valence-corrected chi connectivity index (χ4v) is 12.3. The molecule has 1 saturated carbocycles. The molecule has 2 saturated heterocycles. The van der Waals surface area contributed by atoms with Crippen molar-refractivity contribution < 1.29 is 29.0 Å². The first-order valence-electron chi connectivity index (χ1n) is 25.7. The molecule has 16 heteroatoms. The predicted octanol–water partition coefficient (Wildman–Crippen LogP) is 9.13. The van der Waals surface area contributed by atoms with E-state index < -0.39 is 5.97 Å². The Morgan fingerprint density at radius 2 is 1.71 bits per heavy atom. The fourth-order valence-electron chi connectivity index (χ4n) is 11.5. The number of para-hydroxylation sites is 1. The van der Waals surface area contributed by atoms with Crippen LogP contribution in [-0.2, 0) is 27.3 Å². The number of ether oxygens (including phenoxy) is 1. The Hall–Kier alpha value is -6.75. The molecule has 0 bridgehead atoms. The Morgan fingerprint density at radius 3 is 2.53 bits per heavy atom. The summed E-state index contributed by atoms with van der Waals surface area (Å²) >= 11 is 1.44. The highest BCUT2D eigenvalue weighted by Gasteiger charge is 2.33. The summed E-state index contributed by atoms with van der Waals surface area (Å²) in [5, 5.41) is 16.6. The number of carbonyl (C=O) groups is 4. The highest BCUT2D eigenvalue weighted by molar-refractivity contribution is 7.22. The van der Waals surface area contributed by atoms with Crippen molar-refractivity contribution in [3.8, 4) is 0 Å². The smallest absolute Gasteiger partial charge is 0.355 e. The molecule has 3 aliphatic heterocycles. The SMILES string of the molecule is CC1C(c2ccc(N3CCc4cccc(C(=O)Nc5nc6ccccc6s5)c4C3)nc2C(=O)O)=CC=CC1OC1CCC(CCCCN2CCN(c3nc4ccc(C5CCC(=O)NC5=O)cc4[nH]3)CC2)CC1. The van der Waals surface area contributed by atoms with Crippen molar-refractivity contribution in [2.24, 2.45) is 11.8 Å². The largest absolute Gasteiger partial charge is 0.476 e. The van der Waals surface area contributed by atoms with Crippen LogP contribution in [0, 0.1) is 11.8 Å². The zero-order valence-corrected chi connectivity index (χ0v) is 41.5. The van der Waals surface area contributed by atoms with Crippen LogP contribution in [0.4, 0.5) is 16.9 Å². The topological polar surface area (TPSA) is 186 Å². The Labute approximate surface area is 422 Å². The molecule has 3 aromatic carbocycles. The Kier molecular flexibility index (Phi) is 13.7. The van der Waals surface area contributed by atoms with Gasteiger partial charge in [0.2, 0.25) is 17.8 Å². The Morgan fingerprint density at radius 1 is 0.861 bits per heavy atom. The second-order valence-corrected chi connectivity index (χ2v) is 21.2. The number of unbranched alkanes of at least 4 members (excludes halogenated alkanes) is 1. The summed E-state index contributed by atoms with van der Waals surface area (Å²) in [5.41, 5.74) is 7.65. The van der Waals surface area contributed by atoms with Crippen molar-refractivity contribution in [3.63, 3.8) is 0 Å². The van der Waals surface area contributed by atoms with Gasteiger partial charge in [0.15, 0.2) is 10.8 Å². The quantitative estimate of drug-likeness (QED) is 0.0600. The number of allylic oxidation sites excluding steroid dienone is 2. The summed E-state index contributed by atoms with van der Waals surface area (Å²) in [7, 11) is 0. The van der Waals surface area contributed by atoms with Crippen molar-refractivity contribution in [3.05, 3.63) is 125 Å². The summed E-state index contributed by atoms with van der Waals surface area (Å²) in [6, 6.07) is 23.3. The van der Waals surface area contributed by atoms with Crippen LogP contribution in [-0.4, -0.2) is 105 Å². The summed E-state index contributed by atoms with van der Waals surface area (Å²) in [4.78, 5) is 75.3. The molecule has 3 atom stereocenters. The van der Waals surface area contributed by atoms with Gasteiger partial charge in [0.1, 0.15) is 5.82 Å². The lowest BCUT2D eigenvalue weighted by Gasteiger charge is -2.35. The first-order chi connectivity index (χ1) is 35.1. The van der Waals surface area contributed by atoms with E-state index in [4.69, 9.17) is 14.7 Å². The highest BCUT2D eigenvalue weighted by atomic mass is 32.1. The lowest BCUT2D eigenvalue weighted by Crippen LogP contribution is -2.47. The Balaban J connectivity index is 0.630. The third kappa shape index (κ3) is 10.2.